The third-order valence-electron chi connectivity index (χ3n) is 5.12. The average molecular weight is 400 g/mol. The normalized spacial score (nSPS) is 12.7. The minimum atomic E-state index is -0.571. The Morgan fingerprint density at radius 1 is 1.26 bits per heavy atom. The fourth-order valence-electron chi connectivity index (χ4n) is 3.04. The van der Waals surface area contributed by atoms with Crippen LogP contribution in [0, 0.1) is 6.92 Å². The van der Waals surface area contributed by atoms with Crippen LogP contribution in [0.25, 0.3) is 0 Å². The Morgan fingerprint density at radius 3 is 2.30 bits per heavy atom. The predicted molar refractivity (Wildman–Crippen MR) is 119 cm³/mol. The number of carbonyl (C=O) groups is 1. The lowest BCUT2D eigenvalue weighted by molar-refractivity contribution is -0.131. The fourth-order valence-corrected chi connectivity index (χ4v) is 3.25. The molecule has 0 aromatic heterocycles. The van der Waals surface area contributed by atoms with Crippen LogP contribution in [0.2, 0.25) is 5.02 Å². The molecule has 156 valence electrons. The number of nitrogens with two attached hydrogens (primary N) is 1. The molecule has 0 fully saturated rings. The minimum Gasteiger partial charge on any atom is -0.371 e. The molecule has 0 radical (unpaired) electrons. The molecule has 0 saturated heterocycles. The number of nitrogen functional groups attached to an aromatic ring is 1. The van der Waals surface area contributed by atoms with E-state index < -0.39 is 5.54 Å². The predicted octanol–water partition coefficient (Wildman–Crippen LogP) is 3.63. The van der Waals surface area contributed by atoms with Crippen LogP contribution in [0.3, 0.4) is 0 Å². The molecule has 0 aliphatic carbocycles. The van der Waals surface area contributed by atoms with Crippen molar-refractivity contribution in [3.8, 4) is 0 Å². The van der Waals surface area contributed by atoms with Gasteiger partial charge in [-0.1, -0.05) is 32.4 Å². The van der Waals surface area contributed by atoms with Gasteiger partial charge < -0.3 is 15.6 Å². The van der Waals surface area contributed by atoms with Gasteiger partial charge in [0.05, 0.1) is 11.2 Å². The molecule has 1 unspecified atom stereocenters. The molecule has 0 bridgehead atoms. The van der Waals surface area contributed by atoms with Crippen LogP contribution in [0.4, 0.5) is 11.4 Å². The van der Waals surface area contributed by atoms with Gasteiger partial charge >= 0.3 is 0 Å². The zero-order valence-electron chi connectivity index (χ0n) is 18.2. The highest BCUT2D eigenvalue weighted by atomic mass is 35.5. The highest BCUT2D eigenvalue weighted by molar-refractivity contribution is 6.31. The maximum atomic E-state index is 12.5. The van der Waals surface area contributed by atoms with Gasteiger partial charge in [0, 0.05) is 30.8 Å². The summed E-state index contributed by atoms with van der Waals surface area (Å²) in [6, 6.07) is 3.76. The standard InChI is InChI=1S/C18H32ClN5O.C2H6/c1-7-23(6)18(4,17(25)21-5)9-10-24(8-2)16-12-14(19)11-15(22-20)13(16)3;1-2/h11-12,22H,7-10,20H2,1-6H3,(H,21,25);1-2H3. The smallest absolute Gasteiger partial charge is 0.240 e. The Labute approximate surface area is 170 Å². The van der Waals surface area contributed by atoms with Crippen LogP contribution in [0.15, 0.2) is 12.1 Å². The van der Waals surface area contributed by atoms with Crippen molar-refractivity contribution in [2.24, 2.45) is 5.84 Å². The van der Waals surface area contributed by atoms with Crippen molar-refractivity contribution < 1.29 is 4.79 Å². The molecule has 0 aliphatic rings. The molecule has 0 aliphatic heterocycles. The second kappa shape index (κ2) is 12.1. The Kier molecular flexibility index (Phi) is 11.4. The number of hydrazine groups is 1. The van der Waals surface area contributed by atoms with Crippen molar-refractivity contribution in [2.45, 2.75) is 53.5 Å². The lowest BCUT2D eigenvalue weighted by Crippen LogP contribution is -2.56. The van der Waals surface area contributed by atoms with E-state index in [0.717, 1.165) is 36.6 Å². The van der Waals surface area contributed by atoms with Gasteiger partial charge in [-0.15, -0.1) is 0 Å². The highest BCUT2D eigenvalue weighted by Crippen LogP contribution is 2.31. The lowest BCUT2D eigenvalue weighted by atomic mass is 9.94. The molecule has 4 N–H and O–H groups in total. The van der Waals surface area contributed by atoms with Crippen LogP contribution < -0.4 is 21.5 Å². The summed E-state index contributed by atoms with van der Waals surface area (Å²) in [6.45, 7) is 14.5. The Hall–Kier alpha value is -1.50. The zero-order valence-corrected chi connectivity index (χ0v) is 19.0. The van der Waals surface area contributed by atoms with E-state index >= 15 is 0 Å². The van der Waals surface area contributed by atoms with Crippen LogP contribution in [-0.2, 0) is 4.79 Å². The van der Waals surface area contributed by atoms with E-state index in [2.05, 4.69) is 34.4 Å². The highest BCUT2D eigenvalue weighted by Gasteiger charge is 2.36. The minimum absolute atomic E-state index is 0.0278. The van der Waals surface area contributed by atoms with Gasteiger partial charge in [0.15, 0.2) is 0 Å². The largest absolute Gasteiger partial charge is 0.371 e. The number of anilines is 2. The quantitative estimate of drug-likeness (QED) is 0.436. The number of rotatable bonds is 9. The van der Waals surface area contributed by atoms with Crippen molar-refractivity contribution in [3.05, 3.63) is 22.7 Å². The van der Waals surface area contributed by atoms with Gasteiger partial charge in [-0.25, -0.2) is 0 Å². The van der Waals surface area contributed by atoms with Gasteiger partial charge in [0.1, 0.15) is 0 Å². The number of hydrogen-bond donors (Lipinski definition) is 3. The van der Waals surface area contributed by atoms with Gasteiger partial charge in [-0.05, 0) is 58.5 Å². The molecule has 1 atom stereocenters. The van der Waals surface area contributed by atoms with Gasteiger partial charge in [0.2, 0.25) is 5.91 Å². The van der Waals surface area contributed by atoms with E-state index in [4.69, 9.17) is 17.4 Å². The Balaban J connectivity index is 0.00000326. The van der Waals surface area contributed by atoms with Crippen molar-refractivity contribution >= 4 is 28.9 Å². The Morgan fingerprint density at radius 2 is 1.85 bits per heavy atom. The monoisotopic (exact) mass is 399 g/mol. The maximum Gasteiger partial charge on any atom is 0.240 e. The lowest BCUT2D eigenvalue weighted by Gasteiger charge is -2.38. The molecule has 27 heavy (non-hydrogen) atoms. The number of likely N-dealkylation sites (N-methyl/N-ethyl adjacent to an activating group) is 2. The van der Waals surface area contributed by atoms with Crippen LogP contribution in [0.1, 0.15) is 46.6 Å². The van der Waals surface area contributed by atoms with E-state index in [1.54, 1.807) is 7.05 Å². The Bertz CT molecular complexity index is 596. The summed E-state index contributed by atoms with van der Waals surface area (Å²) in [6.07, 6.45) is 0.697. The number of hydrogen-bond acceptors (Lipinski definition) is 5. The van der Waals surface area contributed by atoms with E-state index in [0.29, 0.717) is 11.4 Å². The molecular weight excluding hydrogens is 362 g/mol. The number of amides is 1. The summed E-state index contributed by atoms with van der Waals surface area (Å²) < 4.78 is 0. The molecule has 0 spiro atoms. The second-order valence-electron chi connectivity index (χ2n) is 6.44. The molecule has 7 heteroatoms. The third kappa shape index (κ3) is 6.26. The molecule has 1 aromatic carbocycles. The first-order valence-corrected chi connectivity index (χ1v) is 10.1. The van der Waals surface area contributed by atoms with E-state index in [1.807, 2.05) is 46.9 Å². The summed E-state index contributed by atoms with van der Waals surface area (Å²) in [5, 5.41) is 3.43. The van der Waals surface area contributed by atoms with Gasteiger partial charge in [-0.3, -0.25) is 15.5 Å². The first-order chi connectivity index (χ1) is 12.7. The summed E-state index contributed by atoms with van der Waals surface area (Å²) in [5.41, 5.74) is 5.00. The van der Waals surface area contributed by atoms with Crippen LogP contribution in [0.5, 0.6) is 0 Å². The number of benzene rings is 1. The third-order valence-corrected chi connectivity index (χ3v) is 5.34. The number of carbonyl (C=O) groups excluding carboxylic acids is 1. The summed E-state index contributed by atoms with van der Waals surface area (Å²) in [5.74, 6) is 5.63. The molecule has 6 nitrogen and oxygen atoms in total. The van der Waals surface area contributed by atoms with Crippen molar-refractivity contribution in [1.82, 2.24) is 10.2 Å². The zero-order chi connectivity index (χ0) is 21.2. The first-order valence-electron chi connectivity index (χ1n) is 9.70. The summed E-state index contributed by atoms with van der Waals surface area (Å²) >= 11 is 6.24. The van der Waals surface area contributed by atoms with Crippen molar-refractivity contribution in [3.63, 3.8) is 0 Å². The SMILES string of the molecule is CC.CCN(CCC(C)(C(=O)NC)N(C)CC)c1cc(Cl)cc(NN)c1C. The fraction of sp³-hybridized carbons (Fsp3) is 0.650. The summed E-state index contributed by atoms with van der Waals surface area (Å²) in [7, 11) is 3.66. The number of nitrogens with one attached hydrogen (secondary N) is 2. The number of nitrogens with zero attached hydrogens (tertiary/aromatic N) is 2. The molecule has 0 saturated carbocycles. The van der Waals surface area contributed by atoms with Crippen molar-refractivity contribution in [2.75, 3.05) is 44.1 Å². The van der Waals surface area contributed by atoms with E-state index in [1.165, 1.54) is 0 Å². The van der Waals surface area contributed by atoms with Crippen LogP contribution in [-0.4, -0.2) is 50.1 Å². The van der Waals surface area contributed by atoms with Gasteiger partial charge in [-0.2, -0.15) is 0 Å². The molecule has 1 aromatic rings. The topological polar surface area (TPSA) is 73.6 Å². The van der Waals surface area contributed by atoms with Crippen LogP contribution >= 0.6 is 11.6 Å². The van der Waals surface area contributed by atoms with Gasteiger partial charge in [0.25, 0.3) is 0 Å². The average Bonchev–Trinajstić information content (AvgIpc) is 2.70. The summed E-state index contributed by atoms with van der Waals surface area (Å²) in [4.78, 5) is 16.8. The number of halogens is 1. The molecule has 1 rings (SSSR count). The maximum absolute atomic E-state index is 12.5. The molecule has 0 heterocycles. The molecular formula is C20H38ClN5O. The molecule has 1 amide bonds. The second-order valence-corrected chi connectivity index (χ2v) is 6.88. The van der Waals surface area contributed by atoms with E-state index in [9.17, 15) is 4.79 Å². The van der Waals surface area contributed by atoms with E-state index in [-0.39, 0.29) is 5.91 Å². The van der Waals surface area contributed by atoms with Crippen molar-refractivity contribution in [1.29, 1.82) is 0 Å². The first kappa shape index (κ1) is 25.5.